The number of alkyl halides is 2. The summed E-state index contributed by atoms with van der Waals surface area (Å²) in [5.74, 6) is 0.0777. The van der Waals surface area contributed by atoms with E-state index in [1.807, 2.05) is 26.0 Å². The Bertz CT molecular complexity index is 449. The van der Waals surface area contributed by atoms with E-state index in [1.54, 1.807) is 12.1 Å². The molecule has 0 bridgehead atoms. The van der Waals surface area contributed by atoms with Gasteiger partial charge in [-0.15, -0.1) is 0 Å². The summed E-state index contributed by atoms with van der Waals surface area (Å²) in [5.41, 5.74) is 1.06. The summed E-state index contributed by atoms with van der Waals surface area (Å²) in [7, 11) is -3.22. The fourth-order valence-electron chi connectivity index (χ4n) is 1.26. The highest BCUT2D eigenvalue weighted by Crippen LogP contribution is 2.25. The van der Waals surface area contributed by atoms with Crippen LogP contribution in [0.1, 0.15) is 12.5 Å². The highest BCUT2D eigenvalue weighted by atomic mass is 79.9. The van der Waals surface area contributed by atoms with Crippen LogP contribution in [0.3, 0.4) is 0 Å². The Morgan fingerprint density at radius 3 is 2.19 bits per heavy atom. The van der Waals surface area contributed by atoms with Gasteiger partial charge in [0.25, 0.3) is 0 Å². The number of benzene rings is 1. The van der Waals surface area contributed by atoms with Gasteiger partial charge in [-0.1, -0.05) is 49.6 Å². The van der Waals surface area contributed by atoms with Crippen LogP contribution >= 0.6 is 31.9 Å². The van der Waals surface area contributed by atoms with E-state index in [2.05, 4.69) is 31.9 Å². The van der Waals surface area contributed by atoms with Gasteiger partial charge in [0, 0.05) is 9.65 Å². The Hall–Kier alpha value is 0.130. The van der Waals surface area contributed by atoms with Crippen LogP contribution in [0.4, 0.5) is 0 Å². The van der Waals surface area contributed by atoms with Gasteiger partial charge in [-0.25, -0.2) is 8.42 Å². The summed E-state index contributed by atoms with van der Waals surface area (Å²) in [6, 6.07) is 6.93. The molecule has 1 aromatic rings. The van der Waals surface area contributed by atoms with Crippen LogP contribution in [-0.4, -0.2) is 23.8 Å². The minimum atomic E-state index is -3.22. The van der Waals surface area contributed by atoms with Gasteiger partial charge in [-0.2, -0.15) is 0 Å². The maximum Gasteiger partial charge on any atom is 0.179 e. The summed E-state index contributed by atoms with van der Waals surface area (Å²) >= 11 is 6.70. The van der Waals surface area contributed by atoms with Crippen molar-refractivity contribution in [2.45, 2.75) is 23.1 Å². The number of halogens is 2. The van der Waals surface area contributed by atoms with Crippen molar-refractivity contribution < 1.29 is 8.42 Å². The molecule has 0 saturated heterocycles. The minimum absolute atomic E-state index is 0.0777. The van der Waals surface area contributed by atoms with Crippen LogP contribution in [0.15, 0.2) is 29.2 Å². The van der Waals surface area contributed by atoms with E-state index in [9.17, 15) is 8.42 Å². The Kier molecular flexibility index (Phi) is 4.60. The fraction of sp³-hybridized carbons (Fsp3) is 0.455. The summed E-state index contributed by atoms with van der Waals surface area (Å²) in [5, 5.41) is 0.588. The third-order valence-corrected chi connectivity index (χ3v) is 7.08. The Balaban J connectivity index is 2.99. The lowest BCUT2D eigenvalue weighted by molar-refractivity contribution is 0.590. The lowest BCUT2D eigenvalue weighted by Crippen LogP contribution is -2.29. The molecule has 90 valence electrons. The van der Waals surface area contributed by atoms with Gasteiger partial charge in [-0.05, 0) is 26.0 Å². The van der Waals surface area contributed by atoms with Gasteiger partial charge < -0.3 is 0 Å². The second-order valence-electron chi connectivity index (χ2n) is 4.12. The SMILES string of the molecule is Cc1ccc(S(=O)(=O)CC(C)(Br)CBr)cc1. The number of hydrogen-bond donors (Lipinski definition) is 0. The molecule has 0 N–H and O–H groups in total. The average Bonchev–Trinajstić information content (AvgIpc) is 2.17. The fourth-order valence-corrected chi connectivity index (χ4v) is 4.24. The van der Waals surface area contributed by atoms with Crippen molar-refractivity contribution in [2.75, 3.05) is 11.1 Å². The van der Waals surface area contributed by atoms with Crippen molar-refractivity contribution in [1.82, 2.24) is 0 Å². The molecule has 1 atom stereocenters. The monoisotopic (exact) mass is 368 g/mol. The molecule has 0 fully saturated rings. The quantitative estimate of drug-likeness (QED) is 0.763. The molecule has 0 aliphatic rings. The molecule has 2 nitrogen and oxygen atoms in total. The van der Waals surface area contributed by atoms with Crippen LogP contribution in [-0.2, 0) is 9.84 Å². The molecule has 5 heteroatoms. The standard InChI is InChI=1S/C11H14Br2O2S/c1-9-3-5-10(6-4-9)16(14,15)8-11(2,13)7-12/h3-6H,7-8H2,1-2H3. The number of rotatable bonds is 4. The van der Waals surface area contributed by atoms with E-state index < -0.39 is 14.2 Å². The molecule has 0 saturated carbocycles. The average molecular weight is 370 g/mol. The van der Waals surface area contributed by atoms with Crippen molar-refractivity contribution >= 4 is 41.7 Å². The molecular weight excluding hydrogens is 356 g/mol. The van der Waals surface area contributed by atoms with Gasteiger partial charge in [-0.3, -0.25) is 0 Å². The highest BCUT2D eigenvalue weighted by Gasteiger charge is 2.28. The van der Waals surface area contributed by atoms with Gasteiger partial charge in [0.2, 0.25) is 0 Å². The molecule has 0 aliphatic heterocycles. The molecule has 0 spiro atoms. The molecule has 0 aliphatic carbocycles. The summed E-state index contributed by atoms with van der Waals surface area (Å²) in [6.07, 6.45) is 0. The van der Waals surface area contributed by atoms with E-state index in [0.717, 1.165) is 5.56 Å². The third kappa shape index (κ3) is 3.86. The molecule has 0 heterocycles. The van der Waals surface area contributed by atoms with E-state index in [0.29, 0.717) is 10.2 Å². The van der Waals surface area contributed by atoms with Gasteiger partial charge in [0.1, 0.15) is 0 Å². The molecule has 16 heavy (non-hydrogen) atoms. The number of aryl methyl sites for hydroxylation is 1. The minimum Gasteiger partial charge on any atom is -0.224 e. The first-order valence-corrected chi connectivity index (χ1v) is 8.38. The van der Waals surface area contributed by atoms with Crippen molar-refractivity contribution in [3.05, 3.63) is 29.8 Å². The van der Waals surface area contributed by atoms with E-state index in [1.165, 1.54) is 0 Å². The van der Waals surface area contributed by atoms with Crippen molar-refractivity contribution in [3.63, 3.8) is 0 Å². The first-order valence-electron chi connectivity index (χ1n) is 4.81. The summed E-state index contributed by atoms with van der Waals surface area (Å²) < 4.78 is 23.7. The smallest absolute Gasteiger partial charge is 0.179 e. The predicted molar refractivity (Wildman–Crippen MR) is 74.4 cm³/mol. The number of sulfone groups is 1. The zero-order valence-corrected chi connectivity index (χ0v) is 13.2. The molecular formula is C11H14Br2O2S. The van der Waals surface area contributed by atoms with E-state index in [-0.39, 0.29) is 5.75 Å². The first kappa shape index (κ1) is 14.2. The topological polar surface area (TPSA) is 34.1 Å². The zero-order valence-electron chi connectivity index (χ0n) is 9.20. The van der Waals surface area contributed by atoms with Crippen LogP contribution in [0.2, 0.25) is 0 Å². The maximum absolute atomic E-state index is 12.1. The Labute approximate surface area is 114 Å². The lowest BCUT2D eigenvalue weighted by atomic mass is 10.2. The second-order valence-corrected chi connectivity index (χ2v) is 8.58. The summed E-state index contributed by atoms with van der Waals surface area (Å²) in [6.45, 7) is 3.79. The predicted octanol–water partition coefficient (Wildman–Crippen LogP) is 3.32. The molecule has 1 unspecified atom stereocenters. The van der Waals surface area contributed by atoms with Gasteiger partial charge in [0.05, 0.1) is 10.6 Å². The highest BCUT2D eigenvalue weighted by molar-refractivity contribution is 9.12. The first-order chi connectivity index (χ1) is 7.27. The number of hydrogen-bond acceptors (Lipinski definition) is 2. The van der Waals surface area contributed by atoms with Crippen LogP contribution < -0.4 is 0 Å². The Morgan fingerprint density at radius 2 is 1.75 bits per heavy atom. The molecule has 0 amide bonds. The van der Waals surface area contributed by atoms with Crippen LogP contribution in [0.5, 0.6) is 0 Å². The summed E-state index contributed by atoms with van der Waals surface area (Å²) in [4.78, 5) is 0.379. The van der Waals surface area contributed by atoms with Crippen molar-refractivity contribution in [3.8, 4) is 0 Å². The maximum atomic E-state index is 12.1. The van der Waals surface area contributed by atoms with Crippen molar-refractivity contribution in [2.24, 2.45) is 0 Å². The van der Waals surface area contributed by atoms with Crippen molar-refractivity contribution in [1.29, 1.82) is 0 Å². The molecule has 0 aromatic heterocycles. The van der Waals surface area contributed by atoms with Gasteiger partial charge >= 0.3 is 0 Å². The third-order valence-electron chi connectivity index (χ3n) is 2.15. The lowest BCUT2D eigenvalue weighted by Gasteiger charge is -2.19. The van der Waals surface area contributed by atoms with Gasteiger partial charge in [0.15, 0.2) is 9.84 Å². The van der Waals surface area contributed by atoms with Crippen LogP contribution in [0.25, 0.3) is 0 Å². The van der Waals surface area contributed by atoms with E-state index >= 15 is 0 Å². The molecule has 0 radical (unpaired) electrons. The second kappa shape index (κ2) is 5.19. The zero-order chi connectivity index (χ0) is 12.4. The normalized spacial score (nSPS) is 15.8. The largest absolute Gasteiger partial charge is 0.224 e. The van der Waals surface area contributed by atoms with Crippen LogP contribution in [0, 0.1) is 6.92 Å². The molecule has 1 aromatic carbocycles. The van der Waals surface area contributed by atoms with E-state index in [4.69, 9.17) is 0 Å². The molecule has 1 rings (SSSR count). The Morgan fingerprint density at radius 1 is 1.25 bits per heavy atom.